The van der Waals surface area contributed by atoms with Crippen molar-refractivity contribution in [1.29, 1.82) is 0 Å². The molecule has 0 radical (unpaired) electrons. The standard InChI is InChI=1S/C21H23NO6/c1-26-18-12-14(21(24)25)7-9-16(18)22-20(23)13-8-10-17(19(11-13)27-2)28-15-5-3-4-6-15/h7-12,15H,3-6H2,1-2H3,(H,22,23)(H,24,25). The number of hydrogen-bond acceptors (Lipinski definition) is 5. The second-order valence-corrected chi connectivity index (χ2v) is 6.56. The zero-order chi connectivity index (χ0) is 20.1. The van der Waals surface area contributed by atoms with Gasteiger partial charge in [0, 0.05) is 5.56 Å². The molecule has 0 bridgehead atoms. The Hall–Kier alpha value is -3.22. The predicted molar refractivity (Wildman–Crippen MR) is 104 cm³/mol. The summed E-state index contributed by atoms with van der Waals surface area (Å²) >= 11 is 0. The topological polar surface area (TPSA) is 94.1 Å². The van der Waals surface area contributed by atoms with Gasteiger partial charge in [-0.1, -0.05) is 0 Å². The lowest BCUT2D eigenvalue weighted by atomic mass is 10.1. The Bertz CT molecular complexity index is 873. The van der Waals surface area contributed by atoms with Crippen molar-refractivity contribution in [2.75, 3.05) is 19.5 Å². The van der Waals surface area contributed by atoms with Crippen molar-refractivity contribution in [3.63, 3.8) is 0 Å². The minimum atomic E-state index is -1.07. The number of carboxylic acids is 1. The van der Waals surface area contributed by atoms with Gasteiger partial charge in [-0.15, -0.1) is 0 Å². The third-order valence-corrected chi connectivity index (χ3v) is 4.72. The van der Waals surface area contributed by atoms with Crippen LogP contribution in [0.25, 0.3) is 0 Å². The zero-order valence-electron chi connectivity index (χ0n) is 15.9. The zero-order valence-corrected chi connectivity index (χ0v) is 15.9. The molecule has 0 unspecified atom stereocenters. The smallest absolute Gasteiger partial charge is 0.335 e. The number of ether oxygens (including phenoxy) is 3. The van der Waals surface area contributed by atoms with E-state index in [4.69, 9.17) is 19.3 Å². The number of rotatable bonds is 7. The van der Waals surface area contributed by atoms with E-state index in [1.165, 1.54) is 32.4 Å². The highest BCUT2D eigenvalue weighted by Crippen LogP contribution is 2.33. The first-order valence-corrected chi connectivity index (χ1v) is 9.09. The quantitative estimate of drug-likeness (QED) is 0.749. The SMILES string of the molecule is COc1cc(C(=O)O)ccc1NC(=O)c1ccc(OC2CCCC2)c(OC)c1. The first-order chi connectivity index (χ1) is 13.5. The predicted octanol–water partition coefficient (Wildman–Crippen LogP) is 3.98. The summed E-state index contributed by atoms with van der Waals surface area (Å²) in [5, 5.41) is 11.8. The number of anilines is 1. The number of carboxylic acid groups (broad SMARTS) is 1. The van der Waals surface area contributed by atoms with E-state index in [2.05, 4.69) is 5.32 Å². The van der Waals surface area contributed by atoms with Crippen LogP contribution in [0, 0.1) is 0 Å². The number of carbonyl (C=O) groups excluding carboxylic acids is 1. The van der Waals surface area contributed by atoms with Crippen molar-refractivity contribution >= 4 is 17.6 Å². The number of methoxy groups -OCH3 is 2. The van der Waals surface area contributed by atoms with Crippen molar-refractivity contribution in [3.8, 4) is 17.2 Å². The monoisotopic (exact) mass is 385 g/mol. The molecule has 0 aromatic heterocycles. The Labute approximate surface area is 163 Å². The van der Waals surface area contributed by atoms with Gasteiger partial charge in [0.1, 0.15) is 5.75 Å². The van der Waals surface area contributed by atoms with Crippen LogP contribution in [0.5, 0.6) is 17.2 Å². The summed E-state index contributed by atoms with van der Waals surface area (Å²) in [4.78, 5) is 23.7. The van der Waals surface area contributed by atoms with E-state index in [1.807, 2.05) is 0 Å². The van der Waals surface area contributed by atoms with Crippen molar-refractivity contribution in [1.82, 2.24) is 0 Å². The number of benzene rings is 2. The summed E-state index contributed by atoms with van der Waals surface area (Å²) in [6.07, 6.45) is 4.56. The maximum Gasteiger partial charge on any atom is 0.335 e. The summed E-state index contributed by atoms with van der Waals surface area (Å²) in [7, 11) is 2.95. The third-order valence-electron chi connectivity index (χ3n) is 4.72. The number of amides is 1. The number of carbonyl (C=O) groups is 2. The van der Waals surface area contributed by atoms with Crippen LogP contribution in [-0.2, 0) is 0 Å². The first kappa shape index (κ1) is 19.5. The Morgan fingerprint density at radius 1 is 0.929 bits per heavy atom. The Morgan fingerprint density at radius 2 is 1.57 bits per heavy atom. The van der Waals surface area contributed by atoms with Crippen LogP contribution in [0.2, 0.25) is 0 Å². The molecule has 1 fully saturated rings. The van der Waals surface area contributed by atoms with E-state index < -0.39 is 5.97 Å². The third kappa shape index (κ3) is 4.36. The normalized spacial score (nSPS) is 13.8. The minimum absolute atomic E-state index is 0.0740. The molecule has 7 heteroatoms. The van der Waals surface area contributed by atoms with E-state index in [0.29, 0.717) is 22.7 Å². The van der Waals surface area contributed by atoms with Crippen LogP contribution in [-0.4, -0.2) is 37.3 Å². The molecular weight excluding hydrogens is 362 g/mol. The molecule has 0 aliphatic heterocycles. The molecule has 1 amide bonds. The molecule has 2 N–H and O–H groups in total. The molecule has 1 aliphatic rings. The Balaban J connectivity index is 1.78. The molecule has 3 rings (SSSR count). The highest BCUT2D eigenvalue weighted by Gasteiger charge is 2.20. The van der Waals surface area contributed by atoms with Crippen LogP contribution in [0.15, 0.2) is 36.4 Å². The molecule has 0 spiro atoms. The molecule has 7 nitrogen and oxygen atoms in total. The summed E-state index contributed by atoms with van der Waals surface area (Å²) in [5.41, 5.74) is 0.840. The average Bonchev–Trinajstić information content (AvgIpc) is 3.21. The van der Waals surface area contributed by atoms with Crippen molar-refractivity contribution in [2.24, 2.45) is 0 Å². The van der Waals surface area contributed by atoms with Gasteiger partial charge in [0.15, 0.2) is 11.5 Å². The molecule has 0 saturated heterocycles. The highest BCUT2D eigenvalue weighted by molar-refractivity contribution is 6.05. The Morgan fingerprint density at radius 3 is 2.21 bits per heavy atom. The fraction of sp³-hybridized carbons (Fsp3) is 0.333. The van der Waals surface area contributed by atoms with Crippen LogP contribution in [0.3, 0.4) is 0 Å². The van der Waals surface area contributed by atoms with Crippen LogP contribution >= 0.6 is 0 Å². The first-order valence-electron chi connectivity index (χ1n) is 9.09. The minimum Gasteiger partial charge on any atom is -0.495 e. The van der Waals surface area contributed by atoms with Gasteiger partial charge < -0.3 is 24.6 Å². The van der Waals surface area contributed by atoms with Gasteiger partial charge in [0.05, 0.1) is 31.6 Å². The molecule has 148 valence electrons. The van der Waals surface area contributed by atoms with Gasteiger partial charge in [-0.05, 0) is 62.1 Å². The molecule has 2 aromatic rings. The summed E-state index contributed by atoms with van der Waals surface area (Å²) < 4.78 is 16.6. The van der Waals surface area contributed by atoms with Gasteiger partial charge in [0.2, 0.25) is 0 Å². The summed E-state index contributed by atoms with van der Waals surface area (Å²) in [6.45, 7) is 0. The number of hydrogen-bond donors (Lipinski definition) is 2. The second-order valence-electron chi connectivity index (χ2n) is 6.56. The second kappa shape index (κ2) is 8.65. The van der Waals surface area contributed by atoms with Crippen molar-refractivity contribution < 1.29 is 28.9 Å². The largest absolute Gasteiger partial charge is 0.495 e. The van der Waals surface area contributed by atoms with Gasteiger partial charge in [-0.3, -0.25) is 4.79 Å². The van der Waals surface area contributed by atoms with Gasteiger partial charge in [0.25, 0.3) is 5.91 Å². The van der Waals surface area contributed by atoms with Crippen LogP contribution < -0.4 is 19.5 Å². The Kier molecular flexibility index (Phi) is 6.03. The lowest BCUT2D eigenvalue weighted by Crippen LogP contribution is -2.14. The van der Waals surface area contributed by atoms with Gasteiger partial charge in [-0.2, -0.15) is 0 Å². The fourth-order valence-corrected chi connectivity index (χ4v) is 3.21. The molecule has 1 aliphatic carbocycles. The van der Waals surface area contributed by atoms with Crippen molar-refractivity contribution in [2.45, 2.75) is 31.8 Å². The van der Waals surface area contributed by atoms with E-state index >= 15 is 0 Å². The highest BCUT2D eigenvalue weighted by atomic mass is 16.5. The molecular formula is C21H23NO6. The van der Waals surface area contributed by atoms with E-state index in [1.54, 1.807) is 18.2 Å². The van der Waals surface area contributed by atoms with Crippen LogP contribution in [0.4, 0.5) is 5.69 Å². The molecule has 0 atom stereocenters. The fourth-order valence-electron chi connectivity index (χ4n) is 3.21. The molecule has 28 heavy (non-hydrogen) atoms. The summed E-state index contributed by atoms with van der Waals surface area (Å²) in [5.74, 6) is -0.0608. The van der Waals surface area contributed by atoms with E-state index in [9.17, 15) is 9.59 Å². The van der Waals surface area contributed by atoms with Crippen LogP contribution in [0.1, 0.15) is 46.4 Å². The molecule has 0 heterocycles. The molecule has 1 saturated carbocycles. The average molecular weight is 385 g/mol. The maximum atomic E-state index is 12.6. The van der Waals surface area contributed by atoms with E-state index in [0.717, 1.165) is 25.7 Å². The number of nitrogens with one attached hydrogen (secondary N) is 1. The van der Waals surface area contributed by atoms with Gasteiger partial charge >= 0.3 is 5.97 Å². The molecule has 2 aromatic carbocycles. The lowest BCUT2D eigenvalue weighted by Gasteiger charge is -2.17. The van der Waals surface area contributed by atoms with Crippen molar-refractivity contribution in [3.05, 3.63) is 47.5 Å². The van der Waals surface area contributed by atoms with Gasteiger partial charge in [-0.25, -0.2) is 4.79 Å². The number of aromatic carboxylic acids is 1. The maximum absolute atomic E-state index is 12.6. The summed E-state index contributed by atoms with van der Waals surface area (Å²) in [6, 6.07) is 9.28. The van der Waals surface area contributed by atoms with E-state index in [-0.39, 0.29) is 23.3 Å². The lowest BCUT2D eigenvalue weighted by molar-refractivity contribution is 0.0696.